The monoisotopic (exact) mass is 539 g/mol. The third-order valence-electron chi connectivity index (χ3n) is 5.84. The quantitative estimate of drug-likeness (QED) is 0.264. The molecule has 2 unspecified atom stereocenters. The molecule has 8 heteroatoms. The molecule has 1 aliphatic rings. The van der Waals surface area contributed by atoms with Gasteiger partial charge in [-0.2, -0.15) is 5.10 Å². The maximum atomic E-state index is 12.1. The average molecular weight is 539 g/mol. The van der Waals surface area contributed by atoms with E-state index in [-0.39, 0.29) is 41.8 Å². The predicted octanol–water partition coefficient (Wildman–Crippen LogP) is 3.37. The van der Waals surface area contributed by atoms with Gasteiger partial charge >= 0.3 is 5.97 Å². The molecule has 1 aromatic carbocycles. The topological polar surface area (TPSA) is 71.8 Å². The van der Waals surface area contributed by atoms with Gasteiger partial charge in [0.1, 0.15) is 0 Å². The van der Waals surface area contributed by atoms with Crippen molar-refractivity contribution in [2.75, 3.05) is 26.7 Å². The van der Waals surface area contributed by atoms with Gasteiger partial charge in [0.15, 0.2) is 5.96 Å². The van der Waals surface area contributed by atoms with Gasteiger partial charge < -0.3 is 15.0 Å². The summed E-state index contributed by atoms with van der Waals surface area (Å²) in [7, 11) is 1.45. The lowest BCUT2D eigenvalue weighted by molar-refractivity contribution is -0.145. The summed E-state index contributed by atoms with van der Waals surface area (Å²) in [6.07, 6.45) is 0. The molecule has 1 fully saturated rings. The molecular formula is C23H34IN5O2. The SMILES string of the molecule is CCNC(=NCc1c(C)nn(Cc2ccccc2)c1C)N1CC(C)C(C(=O)OC)C1.I. The molecule has 0 amide bonds. The molecule has 0 spiro atoms. The number of halogens is 1. The van der Waals surface area contributed by atoms with Crippen molar-refractivity contribution in [3.63, 3.8) is 0 Å². The summed E-state index contributed by atoms with van der Waals surface area (Å²) < 4.78 is 7.02. The van der Waals surface area contributed by atoms with Gasteiger partial charge in [0.25, 0.3) is 0 Å². The smallest absolute Gasteiger partial charge is 0.310 e. The Bertz CT molecular complexity index is 897. The Morgan fingerprint density at radius 1 is 1.26 bits per heavy atom. The van der Waals surface area contributed by atoms with Crippen LogP contribution in [-0.2, 0) is 22.6 Å². The standard InChI is InChI=1S/C23H33N5O2.HI/c1-6-24-23(27-13-16(2)21(15-27)22(29)30-5)25-12-20-17(3)26-28(18(20)4)14-19-10-8-7-9-11-19;/h7-11,16,21H,6,12-15H2,1-5H3,(H,24,25);1H. The third kappa shape index (κ3) is 5.99. The van der Waals surface area contributed by atoms with Gasteiger partial charge in [0.2, 0.25) is 0 Å². The van der Waals surface area contributed by atoms with Crippen LogP contribution < -0.4 is 5.32 Å². The molecular weight excluding hydrogens is 505 g/mol. The van der Waals surface area contributed by atoms with E-state index in [2.05, 4.69) is 43.1 Å². The zero-order valence-electron chi connectivity index (χ0n) is 19.1. The van der Waals surface area contributed by atoms with Crippen LogP contribution in [0.1, 0.15) is 36.4 Å². The van der Waals surface area contributed by atoms with Gasteiger partial charge in [-0.15, -0.1) is 24.0 Å². The first-order chi connectivity index (χ1) is 14.4. The highest BCUT2D eigenvalue weighted by Crippen LogP contribution is 2.24. The number of esters is 1. The Morgan fingerprint density at radius 3 is 2.61 bits per heavy atom. The van der Waals surface area contributed by atoms with Crippen molar-refractivity contribution >= 4 is 35.9 Å². The molecule has 1 aromatic heterocycles. The van der Waals surface area contributed by atoms with Crippen molar-refractivity contribution in [2.45, 2.75) is 40.8 Å². The van der Waals surface area contributed by atoms with Crippen molar-refractivity contribution in [3.05, 3.63) is 52.8 Å². The first kappa shape index (κ1) is 25.2. The number of likely N-dealkylation sites (tertiary alicyclic amines) is 1. The number of hydrogen-bond donors (Lipinski definition) is 1. The van der Waals surface area contributed by atoms with E-state index in [0.29, 0.717) is 13.1 Å². The van der Waals surface area contributed by atoms with Crippen molar-refractivity contribution < 1.29 is 9.53 Å². The fraction of sp³-hybridized carbons (Fsp3) is 0.522. The van der Waals surface area contributed by atoms with Gasteiger partial charge in [-0.05, 0) is 32.3 Å². The van der Waals surface area contributed by atoms with E-state index >= 15 is 0 Å². The van der Waals surface area contributed by atoms with Gasteiger partial charge in [-0.1, -0.05) is 37.3 Å². The van der Waals surface area contributed by atoms with Gasteiger partial charge in [0.05, 0.1) is 31.8 Å². The molecule has 170 valence electrons. The van der Waals surface area contributed by atoms with Crippen molar-refractivity contribution in [3.8, 4) is 0 Å². The number of rotatable bonds is 6. The number of methoxy groups -OCH3 is 1. The molecule has 3 rings (SSSR count). The summed E-state index contributed by atoms with van der Waals surface area (Å²) in [6.45, 7) is 11.8. The maximum absolute atomic E-state index is 12.1. The minimum Gasteiger partial charge on any atom is -0.469 e. The number of aliphatic imine (C=N–C) groups is 1. The van der Waals surface area contributed by atoms with E-state index in [4.69, 9.17) is 14.8 Å². The molecule has 1 aliphatic heterocycles. The normalized spacial score (nSPS) is 18.6. The summed E-state index contributed by atoms with van der Waals surface area (Å²) in [6, 6.07) is 10.4. The molecule has 1 saturated heterocycles. The summed E-state index contributed by atoms with van der Waals surface area (Å²) in [5.41, 5.74) is 4.52. The van der Waals surface area contributed by atoms with E-state index in [1.165, 1.54) is 12.7 Å². The molecule has 0 radical (unpaired) electrons. The molecule has 0 saturated carbocycles. The number of benzene rings is 1. The number of ether oxygens (including phenoxy) is 1. The number of hydrogen-bond acceptors (Lipinski definition) is 4. The zero-order chi connectivity index (χ0) is 21.7. The average Bonchev–Trinajstić information content (AvgIpc) is 3.25. The predicted molar refractivity (Wildman–Crippen MR) is 134 cm³/mol. The number of nitrogens with zero attached hydrogens (tertiary/aromatic N) is 4. The van der Waals surface area contributed by atoms with Gasteiger partial charge in [-0.3, -0.25) is 9.48 Å². The van der Waals surface area contributed by atoms with Crippen LogP contribution in [0.5, 0.6) is 0 Å². The van der Waals surface area contributed by atoms with Crippen LogP contribution in [0.25, 0.3) is 0 Å². The number of nitrogens with one attached hydrogen (secondary N) is 1. The van der Waals surface area contributed by atoms with Crippen LogP contribution in [-0.4, -0.2) is 53.4 Å². The van der Waals surface area contributed by atoms with Crippen molar-refractivity contribution in [1.29, 1.82) is 0 Å². The van der Waals surface area contributed by atoms with E-state index in [1.807, 2.05) is 29.8 Å². The van der Waals surface area contributed by atoms with Crippen LogP contribution >= 0.6 is 24.0 Å². The largest absolute Gasteiger partial charge is 0.469 e. The number of guanidine groups is 1. The highest BCUT2D eigenvalue weighted by atomic mass is 127. The number of carbonyl (C=O) groups is 1. The van der Waals surface area contributed by atoms with Crippen LogP contribution in [0.15, 0.2) is 35.3 Å². The second-order valence-electron chi connectivity index (χ2n) is 7.97. The van der Waals surface area contributed by atoms with Crippen LogP contribution in [0.2, 0.25) is 0 Å². The third-order valence-corrected chi connectivity index (χ3v) is 5.84. The number of aromatic nitrogens is 2. The first-order valence-corrected chi connectivity index (χ1v) is 10.6. The van der Waals surface area contributed by atoms with Gasteiger partial charge in [-0.25, -0.2) is 4.99 Å². The van der Waals surface area contributed by atoms with Crippen LogP contribution in [0.3, 0.4) is 0 Å². The minimum absolute atomic E-state index is 0. The van der Waals surface area contributed by atoms with Crippen LogP contribution in [0, 0.1) is 25.7 Å². The number of aryl methyl sites for hydroxylation is 1. The highest BCUT2D eigenvalue weighted by molar-refractivity contribution is 14.0. The van der Waals surface area contributed by atoms with E-state index in [0.717, 1.165) is 42.5 Å². The Hall–Kier alpha value is -2.10. The first-order valence-electron chi connectivity index (χ1n) is 10.6. The van der Waals surface area contributed by atoms with E-state index in [9.17, 15) is 4.79 Å². The van der Waals surface area contributed by atoms with Crippen LogP contribution in [0.4, 0.5) is 0 Å². The Balaban J connectivity index is 0.00000341. The molecule has 0 aliphatic carbocycles. The van der Waals surface area contributed by atoms with E-state index < -0.39 is 0 Å². The lowest BCUT2D eigenvalue weighted by atomic mass is 9.99. The summed E-state index contributed by atoms with van der Waals surface area (Å²) >= 11 is 0. The molecule has 0 bridgehead atoms. The molecule has 1 N–H and O–H groups in total. The summed E-state index contributed by atoms with van der Waals surface area (Å²) in [5.74, 6) is 0.814. The van der Waals surface area contributed by atoms with E-state index in [1.54, 1.807) is 0 Å². The second-order valence-corrected chi connectivity index (χ2v) is 7.97. The molecule has 2 aromatic rings. The Labute approximate surface area is 202 Å². The van der Waals surface area contributed by atoms with Crippen molar-refractivity contribution in [2.24, 2.45) is 16.8 Å². The van der Waals surface area contributed by atoms with Crippen molar-refractivity contribution in [1.82, 2.24) is 20.0 Å². The maximum Gasteiger partial charge on any atom is 0.310 e. The molecule has 2 atom stereocenters. The fourth-order valence-corrected chi connectivity index (χ4v) is 4.05. The fourth-order valence-electron chi connectivity index (χ4n) is 4.05. The molecule has 2 heterocycles. The highest BCUT2D eigenvalue weighted by Gasteiger charge is 2.36. The minimum atomic E-state index is -0.144. The molecule has 7 nitrogen and oxygen atoms in total. The van der Waals surface area contributed by atoms with Gasteiger partial charge in [0, 0.05) is 30.9 Å². The lowest BCUT2D eigenvalue weighted by Gasteiger charge is -2.21. The number of carbonyl (C=O) groups excluding carboxylic acids is 1. The zero-order valence-corrected chi connectivity index (χ0v) is 21.4. The molecule has 31 heavy (non-hydrogen) atoms. The lowest BCUT2D eigenvalue weighted by Crippen LogP contribution is -2.40. The Morgan fingerprint density at radius 2 is 1.97 bits per heavy atom. The Kier molecular flexibility index (Phi) is 9.33. The summed E-state index contributed by atoms with van der Waals surface area (Å²) in [5, 5.41) is 8.11. The second kappa shape index (κ2) is 11.5. The summed E-state index contributed by atoms with van der Waals surface area (Å²) in [4.78, 5) is 19.1.